The Morgan fingerprint density at radius 3 is 2.71 bits per heavy atom. The van der Waals surface area contributed by atoms with Gasteiger partial charge in [0.1, 0.15) is 0 Å². The first-order chi connectivity index (χ1) is 6.66. The van der Waals surface area contributed by atoms with Crippen molar-refractivity contribution in [2.45, 2.75) is 31.7 Å². The molecule has 0 aliphatic heterocycles. The number of methoxy groups -OCH3 is 1. The average Bonchev–Trinajstić information content (AvgIpc) is 2.10. The first kappa shape index (κ1) is 11.5. The normalized spacial score (nSPS) is 18.7. The molecule has 4 heteroatoms. The van der Waals surface area contributed by atoms with Crippen molar-refractivity contribution < 1.29 is 9.53 Å². The maximum atomic E-state index is 11.4. The van der Waals surface area contributed by atoms with Gasteiger partial charge >= 0.3 is 0 Å². The number of hydrogen-bond donors (Lipinski definition) is 2. The molecule has 0 saturated heterocycles. The third-order valence-electron chi connectivity index (χ3n) is 2.67. The van der Waals surface area contributed by atoms with E-state index in [0.717, 1.165) is 19.4 Å². The fourth-order valence-corrected chi connectivity index (χ4v) is 1.59. The smallest absolute Gasteiger partial charge is 0.234 e. The molecule has 1 amide bonds. The average molecular weight is 200 g/mol. The molecule has 0 heterocycles. The number of rotatable bonds is 6. The highest BCUT2D eigenvalue weighted by Crippen LogP contribution is 2.30. The Morgan fingerprint density at radius 1 is 1.50 bits per heavy atom. The molecular formula is C10H20N2O2. The molecule has 0 aromatic rings. The van der Waals surface area contributed by atoms with E-state index in [-0.39, 0.29) is 11.4 Å². The molecule has 0 bridgehead atoms. The summed E-state index contributed by atoms with van der Waals surface area (Å²) in [4.78, 5) is 11.4. The lowest BCUT2D eigenvalue weighted by molar-refractivity contribution is -0.123. The van der Waals surface area contributed by atoms with Gasteiger partial charge in [0.15, 0.2) is 0 Å². The van der Waals surface area contributed by atoms with Gasteiger partial charge in [0.05, 0.1) is 13.2 Å². The molecule has 0 radical (unpaired) electrons. The molecule has 14 heavy (non-hydrogen) atoms. The second-order valence-corrected chi connectivity index (χ2v) is 4.13. The van der Waals surface area contributed by atoms with E-state index in [9.17, 15) is 4.79 Å². The predicted molar refractivity (Wildman–Crippen MR) is 55.1 cm³/mol. The quantitative estimate of drug-likeness (QED) is 0.606. The maximum absolute atomic E-state index is 11.4. The molecule has 0 aromatic carbocycles. The minimum absolute atomic E-state index is 0.0695. The molecule has 0 spiro atoms. The lowest BCUT2D eigenvalue weighted by Gasteiger charge is -2.39. The Bertz CT molecular complexity index is 191. The van der Waals surface area contributed by atoms with Crippen LogP contribution in [0.5, 0.6) is 0 Å². The number of ether oxygens (including phenoxy) is 1. The van der Waals surface area contributed by atoms with Gasteiger partial charge in [0, 0.05) is 19.2 Å². The monoisotopic (exact) mass is 200 g/mol. The van der Waals surface area contributed by atoms with Crippen LogP contribution >= 0.6 is 0 Å². The summed E-state index contributed by atoms with van der Waals surface area (Å²) in [5.41, 5.74) is 0.0695. The van der Waals surface area contributed by atoms with Crippen LogP contribution < -0.4 is 10.6 Å². The number of nitrogens with one attached hydrogen (secondary N) is 2. The molecule has 1 aliphatic rings. The minimum Gasteiger partial charge on any atom is -0.383 e. The van der Waals surface area contributed by atoms with Gasteiger partial charge in [-0.05, 0) is 26.2 Å². The van der Waals surface area contributed by atoms with Gasteiger partial charge < -0.3 is 15.4 Å². The zero-order chi connectivity index (χ0) is 10.4. The van der Waals surface area contributed by atoms with E-state index in [1.165, 1.54) is 6.42 Å². The summed E-state index contributed by atoms with van der Waals surface area (Å²) in [7, 11) is 1.65. The third kappa shape index (κ3) is 3.64. The van der Waals surface area contributed by atoms with Gasteiger partial charge in [-0.15, -0.1) is 0 Å². The zero-order valence-corrected chi connectivity index (χ0v) is 9.06. The standard InChI is InChI=1S/C10H20N2O2/c1-10(4-3-5-10)12-9(13)8-11-6-7-14-2/h11H,3-8H2,1-2H3,(H,12,13). The Balaban J connectivity index is 2.04. The predicted octanol–water partition coefficient (Wildman–Crippen LogP) is 0.281. The highest BCUT2D eigenvalue weighted by atomic mass is 16.5. The van der Waals surface area contributed by atoms with E-state index in [4.69, 9.17) is 4.74 Å². The summed E-state index contributed by atoms with van der Waals surface area (Å²) < 4.78 is 4.86. The molecule has 1 rings (SSSR count). The van der Waals surface area contributed by atoms with E-state index < -0.39 is 0 Å². The summed E-state index contributed by atoms with van der Waals surface area (Å²) in [6, 6.07) is 0. The highest BCUT2D eigenvalue weighted by molar-refractivity contribution is 5.78. The van der Waals surface area contributed by atoms with Crippen molar-refractivity contribution in [2.24, 2.45) is 0 Å². The van der Waals surface area contributed by atoms with Crippen molar-refractivity contribution in [2.75, 3.05) is 26.8 Å². The van der Waals surface area contributed by atoms with Crippen LogP contribution in [-0.2, 0) is 9.53 Å². The molecule has 1 aliphatic carbocycles. The molecule has 1 saturated carbocycles. The Hall–Kier alpha value is -0.610. The summed E-state index contributed by atoms with van der Waals surface area (Å²) in [6.45, 7) is 3.85. The van der Waals surface area contributed by atoms with E-state index in [0.29, 0.717) is 13.2 Å². The molecule has 1 fully saturated rings. The summed E-state index contributed by atoms with van der Waals surface area (Å²) in [5.74, 6) is 0.0864. The Morgan fingerprint density at radius 2 is 2.21 bits per heavy atom. The maximum Gasteiger partial charge on any atom is 0.234 e. The van der Waals surface area contributed by atoms with Crippen LogP contribution in [0.1, 0.15) is 26.2 Å². The molecule has 0 aromatic heterocycles. The van der Waals surface area contributed by atoms with Crippen LogP contribution in [0.4, 0.5) is 0 Å². The van der Waals surface area contributed by atoms with Crippen molar-refractivity contribution >= 4 is 5.91 Å². The number of amides is 1. The fraction of sp³-hybridized carbons (Fsp3) is 0.900. The van der Waals surface area contributed by atoms with E-state index in [1.807, 2.05) is 0 Å². The van der Waals surface area contributed by atoms with Crippen molar-refractivity contribution in [1.82, 2.24) is 10.6 Å². The van der Waals surface area contributed by atoms with Crippen LogP contribution in [0.15, 0.2) is 0 Å². The van der Waals surface area contributed by atoms with E-state index >= 15 is 0 Å². The van der Waals surface area contributed by atoms with Gasteiger partial charge in [-0.25, -0.2) is 0 Å². The van der Waals surface area contributed by atoms with Gasteiger partial charge in [0.2, 0.25) is 5.91 Å². The SMILES string of the molecule is COCCNCC(=O)NC1(C)CCC1. The number of hydrogen-bond acceptors (Lipinski definition) is 3. The van der Waals surface area contributed by atoms with Gasteiger partial charge in [-0.3, -0.25) is 4.79 Å². The largest absolute Gasteiger partial charge is 0.383 e. The molecule has 0 atom stereocenters. The van der Waals surface area contributed by atoms with E-state index in [2.05, 4.69) is 17.6 Å². The third-order valence-corrected chi connectivity index (χ3v) is 2.67. The summed E-state index contributed by atoms with van der Waals surface area (Å²) >= 11 is 0. The van der Waals surface area contributed by atoms with Gasteiger partial charge in [0.25, 0.3) is 0 Å². The minimum atomic E-state index is 0.0695. The van der Waals surface area contributed by atoms with Crippen molar-refractivity contribution in [3.05, 3.63) is 0 Å². The van der Waals surface area contributed by atoms with Gasteiger partial charge in [-0.2, -0.15) is 0 Å². The number of carbonyl (C=O) groups is 1. The molecular weight excluding hydrogens is 180 g/mol. The highest BCUT2D eigenvalue weighted by Gasteiger charge is 2.32. The van der Waals surface area contributed by atoms with Crippen LogP contribution in [0.2, 0.25) is 0 Å². The lowest BCUT2D eigenvalue weighted by atomic mass is 9.78. The van der Waals surface area contributed by atoms with E-state index in [1.54, 1.807) is 7.11 Å². The topological polar surface area (TPSA) is 50.4 Å². The Kier molecular flexibility index (Phi) is 4.35. The van der Waals surface area contributed by atoms with Crippen LogP contribution in [0.3, 0.4) is 0 Å². The van der Waals surface area contributed by atoms with Crippen molar-refractivity contribution in [1.29, 1.82) is 0 Å². The number of carbonyl (C=O) groups excluding carboxylic acids is 1. The lowest BCUT2D eigenvalue weighted by Crippen LogP contribution is -2.53. The molecule has 0 unspecified atom stereocenters. The van der Waals surface area contributed by atoms with Crippen LogP contribution in [0, 0.1) is 0 Å². The first-order valence-corrected chi connectivity index (χ1v) is 5.17. The van der Waals surface area contributed by atoms with Crippen LogP contribution in [-0.4, -0.2) is 38.3 Å². The fourth-order valence-electron chi connectivity index (χ4n) is 1.59. The molecule has 4 nitrogen and oxygen atoms in total. The molecule has 2 N–H and O–H groups in total. The molecule has 82 valence electrons. The summed E-state index contributed by atoms with van der Waals surface area (Å²) in [6.07, 6.45) is 3.45. The van der Waals surface area contributed by atoms with Crippen LogP contribution in [0.25, 0.3) is 0 Å². The first-order valence-electron chi connectivity index (χ1n) is 5.17. The Labute approximate surface area is 85.4 Å². The van der Waals surface area contributed by atoms with Crippen molar-refractivity contribution in [3.63, 3.8) is 0 Å². The van der Waals surface area contributed by atoms with Crippen molar-refractivity contribution in [3.8, 4) is 0 Å². The second kappa shape index (κ2) is 5.32. The second-order valence-electron chi connectivity index (χ2n) is 4.13. The summed E-state index contributed by atoms with van der Waals surface area (Å²) in [5, 5.41) is 6.05. The zero-order valence-electron chi connectivity index (χ0n) is 9.06. The van der Waals surface area contributed by atoms with Gasteiger partial charge in [-0.1, -0.05) is 0 Å².